The lowest BCUT2D eigenvalue weighted by Gasteiger charge is -2.26. The van der Waals surface area contributed by atoms with Gasteiger partial charge in [0, 0.05) is 19.5 Å². The Morgan fingerprint density at radius 2 is 2.06 bits per heavy atom. The van der Waals surface area contributed by atoms with Crippen LogP contribution in [0, 0.1) is 5.41 Å². The molecule has 1 aromatic rings. The smallest absolute Gasteiger partial charge is 0.111 e. The zero-order valence-corrected chi connectivity index (χ0v) is 11.1. The summed E-state index contributed by atoms with van der Waals surface area (Å²) in [4.78, 5) is 6.88. The maximum absolute atomic E-state index is 5.35. The lowest BCUT2D eigenvalue weighted by molar-refractivity contribution is 0.123. The third-order valence-corrected chi connectivity index (χ3v) is 3.60. The fourth-order valence-corrected chi connectivity index (χ4v) is 3.04. The monoisotopic (exact) mass is 240 g/mol. The van der Waals surface area contributed by atoms with E-state index in [-0.39, 0.29) is 0 Å². The standard InChI is InChI=1S/C12H20N2OS/c1-12(2,3)8-10-13-9-11(16-10)14-4-6-15-7-5-14/h9H,4-8H2,1-3H3. The van der Waals surface area contributed by atoms with Crippen molar-refractivity contribution in [2.24, 2.45) is 5.41 Å². The summed E-state index contributed by atoms with van der Waals surface area (Å²) in [6, 6.07) is 0. The molecule has 0 N–H and O–H groups in total. The van der Waals surface area contributed by atoms with Gasteiger partial charge in [0.2, 0.25) is 0 Å². The van der Waals surface area contributed by atoms with Crippen LogP contribution in [0.4, 0.5) is 5.00 Å². The highest BCUT2D eigenvalue weighted by Gasteiger charge is 2.17. The minimum absolute atomic E-state index is 0.320. The number of morpholine rings is 1. The van der Waals surface area contributed by atoms with Crippen LogP contribution in [0.5, 0.6) is 0 Å². The zero-order valence-electron chi connectivity index (χ0n) is 10.3. The van der Waals surface area contributed by atoms with E-state index >= 15 is 0 Å². The lowest BCUT2D eigenvalue weighted by Crippen LogP contribution is -2.35. The van der Waals surface area contributed by atoms with Crippen molar-refractivity contribution in [3.8, 4) is 0 Å². The topological polar surface area (TPSA) is 25.4 Å². The van der Waals surface area contributed by atoms with Gasteiger partial charge in [0.05, 0.1) is 24.4 Å². The molecule has 1 aliphatic rings. The summed E-state index contributed by atoms with van der Waals surface area (Å²) in [6.07, 6.45) is 3.07. The fourth-order valence-electron chi connectivity index (χ4n) is 1.77. The summed E-state index contributed by atoms with van der Waals surface area (Å²) in [7, 11) is 0. The van der Waals surface area contributed by atoms with Crippen LogP contribution in [0.3, 0.4) is 0 Å². The molecule has 0 aromatic carbocycles. The number of hydrogen-bond acceptors (Lipinski definition) is 4. The average Bonchev–Trinajstić information content (AvgIpc) is 2.65. The Morgan fingerprint density at radius 3 is 2.69 bits per heavy atom. The van der Waals surface area contributed by atoms with Gasteiger partial charge in [-0.25, -0.2) is 4.98 Å². The first-order valence-electron chi connectivity index (χ1n) is 5.82. The van der Waals surface area contributed by atoms with E-state index in [4.69, 9.17) is 4.74 Å². The third kappa shape index (κ3) is 3.19. The molecule has 16 heavy (non-hydrogen) atoms. The molecule has 0 aliphatic carbocycles. The number of aromatic nitrogens is 1. The van der Waals surface area contributed by atoms with Gasteiger partial charge in [-0.05, 0) is 5.41 Å². The van der Waals surface area contributed by atoms with Crippen molar-refractivity contribution in [1.82, 2.24) is 4.98 Å². The number of thiazole rings is 1. The highest BCUT2D eigenvalue weighted by atomic mass is 32.1. The molecule has 3 nitrogen and oxygen atoms in total. The van der Waals surface area contributed by atoms with E-state index in [9.17, 15) is 0 Å². The molecule has 1 fully saturated rings. The van der Waals surface area contributed by atoms with Gasteiger partial charge in [0.15, 0.2) is 0 Å². The zero-order chi connectivity index (χ0) is 11.6. The molecule has 0 unspecified atom stereocenters. The normalized spacial score (nSPS) is 17.8. The first-order chi connectivity index (χ1) is 7.54. The first kappa shape index (κ1) is 11.9. The van der Waals surface area contributed by atoms with Gasteiger partial charge < -0.3 is 9.64 Å². The van der Waals surface area contributed by atoms with Crippen LogP contribution >= 0.6 is 11.3 Å². The first-order valence-corrected chi connectivity index (χ1v) is 6.64. The van der Waals surface area contributed by atoms with Crippen molar-refractivity contribution in [2.45, 2.75) is 27.2 Å². The van der Waals surface area contributed by atoms with Gasteiger partial charge in [-0.2, -0.15) is 0 Å². The van der Waals surface area contributed by atoms with E-state index < -0.39 is 0 Å². The number of hydrogen-bond donors (Lipinski definition) is 0. The Hall–Kier alpha value is -0.610. The van der Waals surface area contributed by atoms with Gasteiger partial charge in [0.25, 0.3) is 0 Å². The molecule has 0 saturated carbocycles. The molecule has 0 amide bonds. The molecule has 0 atom stereocenters. The van der Waals surface area contributed by atoms with Crippen molar-refractivity contribution in [1.29, 1.82) is 0 Å². The van der Waals surface area contributed by atoms with Crippen molar-refractivity contribution in [3.63, 3.8) is 0 Å². The molecule has 2 rings (SSSR count). The van der Waals surface area contributed by atoms with Gasteiger partial charge in [0.1, 0.15) is 5.00 Å². The van der Waals surface area contributed by atoms with Crippen molar-refractivity contribution in [3.05, 3.63) is 11.2 Å². The highest BCUT2D eigenvalue weighted by Crippen LogP contribution is 2.29. The number of nitrogens with zero attached hydrogens (tertiary/aromatic N) is 2. The Morgan fingerprint density at radius 1 is 1.38 bits per heavy atom. The maximum Gasteiger partial charge on any atom is 0.111 e. The van der Waals surface area contributed by atoms with Crippen LogP contribution in [0.1, 0.15) is 25.8 Å². The van der Waals surface area contributed by atoms with Gasteiger partial charge in [-0.15, -0.1) is 11.3 Å². The summed E-state index contributed by atoms with van der Waals surface area (Å²) in [5.41, 5.74) is 0.320. The van der Waals surface area contributed by atoms with Crippen LogP contribution in [0.2, 0.25) is 0 Å². The second-order valence-electron chi connectivity index (χ2n) is 5.43. The predicted molar refractivity (Wildman–Crippen MR) is 68.3 cm³/mol. The van der Waals surface area contributed by atoms with Crippen molar-refractivity contribution >= 4 is 16.3 Å². The molecular formula is C12H20N2OS. The number of rotatable bonds is 2. The Kier molecular flexibility index (Phi) is 3.50. The summed E-state index contributed by atoms with van der Waals surface area (Å²) >= 11 is 1.83. The summed E-state index contributed by atoms with van der Waals surface area (Å²) in [6.45, 7) is 10.4. The van der Waals surface area contributed by atoms with E-state index in [2.05, 4.69) is 30.7 Å². The number of ether oxygens (including phenoxy) is 1. The van der Waals surface area contributed by atoms with E-state index in [1.807, 2.05) is 17.5 Å². The van der Waals surface area contributed by atoms with Gasteiger partial charge in [-0.3, -0.25) is 0 Å². The third-order valence-electron chi connectivity index (χ3n) is 2.55. The van der Waals surface area contributed by atoms with E-state index in [1.165, 1.54) is 10.0 Å². The average molecular weight is 240 g/mol. The molecule has 2 heterocycles. The Balaban J connectivity index is 2.01. The molecule has 0 spiro atoms. The van der Waals surface area contributed by atoms with Crippen LogP contribution in [0.25, 0.3) is 0 Å². The molecule has 0 radical (unpaired) electrons. The minimum atomic E-state index is 0.320. The van der Waals surface area contributed by atoms with Crippen molar-refractivity contribution < 1.29 is 4.74 Å². The molecular weight excluding hydrogens is 220 g/mol. The highest BCUT2D eigenvalue weighted by molar-refractivity contribution is 7.15. The SMILES string of the molecule is CC(C)(C)Cc1ncc(N2CCOCC2)s1. The second kappa shape index (κ2) is 4.72. The summed E-state index contributed by atoms with van der Waals surface area (Å²) < 4.78 is 5.35. The van der Waals surface area contributed by atoms with Crippen LogP contribution in [0.15, 0.2) is 6.20 Å². The van der Waals surface area contributed by atoms with Gasteiger partial charge >= 0.3 is 0 Å². The predicted octanol–water partition coefficient (Wildman–Crippen LogP) is 2.57. The lowest BCUT2D eigenvalue weighted by atomic mass is 9.93. The van der Waals surface area contributed by atoms with E-state index in [0.717, 1.165) is 32.7 Å². The van der Waals surface area contributed by atoms with Crippen LogP contribution in [-0.2, 0) is 11.2 Å². The molecule has 1 aliphatic heterocycles. The molecule has 1 saturated heterocycles. The van der Waals surface area contributed by atoms with E-state index in [0.29, 0.717) is 5.41 Å². The molecule has 1 aromatic heterocycles. The fraction of sp³-hybridized carbons (Fsp3) is 0.750. The minimum Gasteiger partial charge on any atom is -0.378 e. The second-order valence-corrected chi connectivity index (χ2v) is 6.52. The maximum atomic E-state index is 5.35. The van der Waals surface area contributed by atoms with Crippen molar-refractivity contribution in [2.75, 3.05) is 31.2 Å². The Labute approximate surface area is 101 Å². The van der Waals surface area contributed by atoms with Gasteiger partial charge in [-0.1, -0.05) is 20.8 Å². The molecule has 4 heteroatoms. The largest absolute Gasteiger partial charge is 0.378 e. The summed E-state index contributed by atoms with van der Waals surface area (Å²) in [5, 5.41) is 2.54. The molecule has 0 bridgehead atoms. The van der Waals surface area contributed by atoms with E-state index in [1.54, 1.807) is 0 Å². The summed E-state index contributed by atoms with van der Waals surface area (Å²) in [5.74, 6) is 0. The quantitative estimate of drug-likeness (QED) is 0.794. The van der Waals surface area contributed by atoms with Crippen LogP contribution < -0.4 is 4.90 Å². The molecule has 90 valence electrons. The Bertz CT molecular complexity index is 337. The number of anilines is 1. The van der Waals surface area contributed by atoms with Crippen LogP contribution in [-0.4, -0.2) is 31.3 Å².